The molecule has 0 radical (unpaired) electrons. The molecular weight excluding hydrogens is 580 g/mol. The number of fused-ring (bicyclic) bond motifs is 2. The zero-order chi connectivity index (χ0) is 29.5. The Morgan fingerprint density at radius 3 is 2.44 bits per heavy atom. The van der Waals surface area contributed by atoms with Crippen LogP contribution in [0, 0.1) is 0 Å². The van der Waals surface area contributed by atoms with Crippen LogP contribution < -0.4 is 16.3 Å². The van der Waals surface area contributed by atoms with E-state index in [9.17, 15) is 9.59 Å². The topological polar surface area (TPSA) is 106 Å². The zero-order valence-electron chi connectivity index (χ0n) is 22.8. The van der Waals surface area contributed by atoms with Gasteiger partial charge in [-0.2, -0.15) is 0 Å². The lowest BCUT2D eigenvalue weighted by Crippen LogP contribution is -2.27. The van der Waals surface area contributed by atoms with Crippen LogP contribution in [0.5, 0.6) is 0 Å². The molecule has 0 spiro atoms. The van der Waals surface area contributed by atoms with Crippen LogP contribution in [0.25, 0.3) is 49.2 Å². The molecule has 10 heteroatoms. The minimum atomic E-state index is -0.524. The van der Waals surface area contributed by atoms with Gasteiger partial charge in [0.1, 0.15) is 28.2 Å². The number of halogens is 1. The monoisotopic (exact) mass is 602 g/mol. The van der Waals surface area contributed by atoms with Crippen molar-refractivity contribution >= 4 is 50.6 Å². The van der Waals surface area contributed by atoms with E-state index in [-0.39, 0.29) is 11.0 Å². The van der Waals surface area contributed by atoms with Crippen molar-refractivity contribution in [2.45, 2.75) is 13.0 Å². The number of pyridine rings is 2. The van der Waals surface area contributed by atoms with Crippen LogP contribution in [0.3, 0.4) is 0 Å². The number of aromatic amines is 1. The molecule has 7 aromatic rings. The average Bonchev–Trinajstić information content (AvgIpc) is 3.58. The van der Waals surface area contributed by atoms with Gasteiger partial charge < -0.3 is 10.3 Å². The van der Waals surface area contributed by atoms with Crippen LogP contribution in [-0.4, -0.2) is 24.5 Å². The van der Waals surface area contributed by atoms with E-state index in [1.165, 1.54) is 12.4 Å². The number of rotatable bonds is 6. The largest absolute Gasteiger partial charge is 0.361 e. The lowest BCUT2D eigenvalue weighted by molar-refractivity contribution is 0.774. The molecule has 0 saturated heterocycles. The van der Waals surface area contributed by atoms with Crippen LogP contribution in [0.1, 0.15) is 18.7 Å². The SMILES string of the molecule is C[C@H](Nc1ncnc2[nH]ccc(=O)c12)c1c(Cl)c2cccc(-c3ccc(-c4nccs4)cc3)c2c(=O)n1-c1ccccc1. The second-order valence-electron chi connectivity index (χ2n) is 9.97. The lowest BCUT2D eigenvalue weighted by atomic mass is 9.97. The van der Waals surface area contributed by atoms with E-state index in [2.05, 4.69) is 25.3 Å². The molecule has 0 bridgehead atoms. The molecule has 8 nitrogen and oxygen atoms in total. The number of para-hydroxylation sites is 1. The Morgan fingerprint density at radius 2 is 1.67 bits per heavy atom. The molecule has 0 aliphatic carbocycles. The summed E-state index contributed by atoms with van der Waals surface area (Å²) in [5.74, 6) is 0.344. The first-order valence-corrected chi connectivity index (χ1v) is 14.8. The third-order valence-electron chi connectivity index (χ3n) is 7.39. The van der Waals surface area contributed by atoms with Gasteiger partial charge in [0.15, 0.2) is 5.43 Å². The van der Waals surface area contributed by atoms with E-state index in [0.29, 0.717) is 44.0 Å². The highest BCUT2D eigenvalue weighted by Gasteiger charge is 2.24. The van der Waals surface area contributed by atoms with Crippen molar-refractivity contribution in [2.24, 2.45) is 0 Å². The molecule has 3 aromatic carbocycles. The molecule has 0 aliphatic heterocycles. The third-order valence-corrected chi connectivity index (χ3v) is 8.60. The predicted molar refractivity (Wildman–Crippen MR) is 173 cm³/mol. The highest BCUT2D eigenvalue weighted by Crippen LogP contribution is 2.37. The number of hydrogen-bond donors (Lipinski definition) is 2. The van der Waals surface area contributed by atoms with E-state index in [1.54, 1.807) is 28.3 Å². The Kier molecular flexibility index (Phi) is 6.81. The molecule has 7 rings (SSSR count). The van der Waals surface area contributed by atoms with Gasteiger partial charge in [-0.25, -0.2) is 15.0 Å². The van der Waals surface area contributed by atoms with Crippen LogP contribution in [0.4, 0.5) is 5.82 Å². The number of thiazole rings is 1. The van der Waals surface area contributed by atoms with Crippen molar-refractivity contribution in [2.75, 3.05) is 5.32 Å². The number of aromatic nitrogens is 5. The summed E-state index contributed by atoms with van der Waals surface area (Å²) >= 11 is 8.80. The minimum absolute atomic E-state index is 0.209. The van der Waals surface area contributed by atoms with E-state index < -0.39 is 6.04 Å². The van der Waals surface area contributed by atoms with Crippen LogP contribution >= 0.6 is 22.9 Å². The third kappa shape index (κ3) is 4.68. The van der Waals surface area contributed by atoms with Crippen LogP contribution in [-0.2, 0) is 0 Å². The number of H-pyrrole nitrogens is 1. The first kappa shape index (κ1) is 26.8. The lowest BCUT2D eigenvalue weighted by Gasteiger charge is -2.24. The van der Waals surface area contributed by atoms with Gasteiger partial charge in [0.05, 0.1) is 22.1 Å². The van der Waals surface area contributed by atoms with Gasteiger partial charge in [0.25, 0.3) is 5.56 Å². The second-order valence-corrected chi connectivity index (χ2v) is 11.2. The maximum atomic E-state index is 14.6. The highest BCUT2D eigenvalue weighted by atomic mass is 35.5. The van der Waals surface area contributed by atoms with Gasteiger partial charge in [0.2, 0.25) is 0 Å². The van der Waals surface area contributed by atoms with Gasteiger partial charge in [-0.3, -0.25) is 14.2 Å². The molecule has 0 amide bonds. The van der Waals surface area contributed by atoms with Crippen molar-refractivity contribution in [3.05, 3.63) is 134 Å². The van der Waals surface area contributed by atoms with Gasteiger partial charge in [-0.1, -0.05) is 72.3 Å². The molecule has 0 saturated carbocycles. The van der Waals surface area contributed by atoms with Crippen molar-refractivity contribution < 1.29 is 0 Å². The van der Waals surface area contributed by atoms with Crippen LogP contribution in [0.2, 0.25) is 5.02 Å². The molecular formula is C33H23ClN6O2S. The quantitative estimate of drug-likeness (QED) is 0.208. The van der Waals surface area contributed by atoms with Gasteiger partial charge in [-0.15, -0.1) is 11.3 Å². The summed E-state index contributed by atoms with van der Waals surface area (Å²) in [6, 6.07) is 24.0. The highest BCUT2D eigenvalue weighted by molar-refractivity contribution is 7.13. The fourth-order valence-electron chi connectivity index (χ4n) is 5.43. The molecule has 1 atom stereocenters. The Balaban J connectivity index is 1.43. The van der Waals surface area contributed by atoms with E-state index >= 15 is 0 Å². The maximum absolute atomic E-state index is 14.6. The number of hydrogen-bond acceptors (Lipinski definition) is 7. The number of nitrogens with one attached hydrogen (secondary N) is 2. The first-order valence-electron chi connectivity index (χ1n) is 13.5. The Labute approximate surface area is 254 Å². The molecule has 4 heterocycles. The van der Waals surface area contributed by atoms with E-state index in [0.717, 1.165) is 21.7 Å². The van der Waals surface area contributed by atoms with Gasteiger partial charge in [-0.05, 0) is 30.2 Å². The molecule has 0 fully saturated rings. The summed E-state index contributed by atoms with van der Waals surface area (Å²) in [6.45, 7) is 1.89. The summed E-state index contributed by atoms with van der Waals surface area (Å²) in [6.07, 6.45) is 4.71. The number of anilines is 1. The molecule has 0 unspecified atom stereocenters. The van der Waals surface area contributed by atoms with E-state index in [4.69, 9.17) is 11.6 Å². The summed E-state index contributed by atoms with van der Waals surface area (Å²) < 4.78 is 1.64. The van der Waals surface area contributed by atoms with Crippen LogP contribution in [0.15, 0.2) is 113 Å². The van der Waals surface area contributed by atoms with Crippen molar-refractivity contribution in [3.63, 3.8) is 0 Å². The Hall–Kier alpha value is -5.12. The smallest absolute Gasteiger partial charge is 0.263 e. The number of benzene rings is 3. The first-order chi connectivity index (χ1) is 21.0. The summed E-state index contributed by atoms with van der Waals surface area (Å²) in [5.41, 5.74) is 3.87. The average molecular weight is 603 g/mol. The predicted octanol–water partition coefficient (Wildman–Crippen LogP) is 7.24. The Morgan fingerprint density at radius 1 is 0.884 bits per heavy atom. The molecule has 43 heavy (non-hydrogen) atoms. The van der Waals surface area contributed by atoms with Crippen molar-refractivity contribution in [3.8, 4) is 27.4 Å². The normalized spacial score (nSPS) is 12.0. The van der Waals surface area contributed by atoms with Crippen molar-refractivity contribution in [1.82, 2.24) is 24.5 Å². The van der Waals surface area contributed by atoms with Gasteiger partial charge >= 0.3 is 0 Å². The summed E-state index contributed by atoms with van der Waals surface area (Å²) in [7, 11) is 0. The second kappa shape index (κ2) is 10.9. The maximum Gasteiger partial charge on any atom is 0.263 e. The van der Waals surface area contributed by atoms with E-state index in [1.807, 2.05) is 85.1 Å². The molecule has 210 valence electrons. The molecule has 0 aliphatic rings. The summed E-state index contributed by atoms with van der Waals surface area (Å²) in [4.78, 5) is 43.2. The Bertz CT molecular complexity index is 2220. The standard InChI is InChI=1S/C33H23ClN6O2S/c1-19(39-31-27-25(41)14-15-35-30(27)37-18-38-31)29-28(34)24-9-5-8-23(20-10-12-21(13-11-20)32-36-16-17-43-32)26(24)33(42)40(29)22-6-3-2-4-7-22/h2-19H,1H3,(H2,35,37,38,39,41)/t19-/m0/s1. The molecule has 4 aromatic heterocycles. The van der Waals surface area contributed by atoms with Crippen molar-refractivity contribution in [1.29, 1.82) is 0 Å². The summed E-state index contributed by atoms with van der Waals surface area (Å²) in [5, 5.41) is 8.10. The molecule has 2 N–H and O–H groups in total. The fourth-order valence-corrected chi connectivity index (χ4v) is 6.48. The zero-order valence-corrected chi connectivity index (χ0v) is 24.4. The fraction of sp³-hybridized carbons (Fsp3) is 0.0606. The minimum Gasteiger partial charge on any atom is -0.361 e. The van der Waals surface area contributed by atoms with Gasteiger partial charge in [0, 0.05) is 40.5 Å². The number of nitrogens with zero attached hydrogens (tertiary/aromatic N) is 4.